The van der Waals surface area contributed by atoms with Crippen molar-refractivity contribution in [3.8, 4) is 0 Å². The Morgan fingerprint density at radius 3 is 2.69 bits per heavy atom. The van der Waals surface area contributed by atoms with Gasteiger partial charge in [-0.25, -0.2) is 4.39 Å². The highest BCUT2D eigenvalue weighted by molar-refractivity contribution is 6.34. The van der Waals surface area contributed by atoms with Crippen LogP contribution in [-0.4, -0.2) is 11.2 Å². The Hall–Kier alpha value is -0.600. The van der Waals surface area contributed by atoms with Gasteiger partial charge in [-0.15, -0.1) is 11.6 Å². The average molecular weight is 221 g/mol. The lowest BCUT2D eigenvalue weighted by atomic mass is 10.1. The molecular formula is C9H7Cl2FO. The smallest absolute Gasteiger partial charge is 0.183 e. The van der Waals surface area contributed by atoms with E-state index >= 15 is 0 Å². The highest BCUT2D eigenvalue weighted by Gasteiger charge is 2.16. The summed E-state index contributed by atoms with van der Waals surface area (Å²) in [5.41, 5.74) is -0.0602. The lowest BCUT2D eigenvalue weighted by Crippen LogP contribution is -2.12. The van der Waals surface area contributed by atoms with Crippen molar-refractivity contribution in [2.75, 3.05) is 0 Å². The second-order valence-corrected chi connectivity index (χ2v) is 3.70. The van der Waals surface area contributed by atoms with E-state index in [2.05, 4.69) is 0 Å². The molecule has 0 aromatic heterocycles. The Morgan fingerprint density at radius 2 is 2.15 bits per heavy atom. The SMILES string of the molecule is CC(Cl)C(=O)c1cc(Cl)ccc1F. The van der Waals surface area contributed by atoms with Gasteiger partial charge in [0.25, 0.3) is 0 Å². The molecule has 0 aliphatic carbocycles. The summed E-state index contributed by atoms with van der Waals surface area (Å²) in [6.45, 7) is 1.49. The highest BCUT2D eigenvalue weighted by atomic mass is 35.5. The quantitative estimate of drug-likeness (QED) is 0.553. The number of carbonyl (C=O) groups excluding carboxylic acids is 1. The van der Waals surface area contributed by atoms with Gasteiger partial charge in [-0.05, 0) is 25.1 Å². The summed E-state index contributed by atoms with van der Waals surface area (Å²) >= 11 is 11.1. The van der Waals surface area contributed by atoms with E-state index in [1.165, 1.54) is 19.1 Å². The first-order valence-corrected chi connectivity index (χ1v) is 4.47. The van der Waals surface area contributed by atoms with Crippen LogP contribution >= 0.6 is 23.2 Å². The number of hydrogen-bond donors (Lipinski definition) is 0. The molecule has 1 nitrogen and oxygen atoms in total. The molecule has 4 heteroatoms. The van der Waals surface area contributed by atoms with Crippen LogP contribution in [-0.2, 0) is 0 Å². The summed E-state index contributed by atoms with van der Waals surface area (Å²) in [5, 5.41) is -0.421. The molecule has 1 aromatic rings. The van der Waals surface area contributed by atoms with E-state index in [9.17, 15) is 9.18 Å². The van der Waals surface area contributed by atoms with Crippen molar-refractivity contribution in [2.24, 2.45) is 0 Å². The molecule has 0 radical (unpaired) electrons. The molecule has 13 heavy (non-hydrogen) atoms. The second kappa shape index (κ2) is 4.07. The maximum atomic E-state index is 13.0. The molecule has 0 spiro atoms. The molecule has 0 bridgehead atoms. The highest BCUT2D eigenvalue weighted by Crippen LogP contribution is 2.17. The summed E-state index contributed by atoms with van der Waals surface area (Å²) < 4.78 is 13.0. The zero-order chi connectivity index (χ0) is 10.0. The zero-order valence-electron chi connectivity index (χ0n) is 6.85. The van der Waals surface area contributed by atoms with E-state index in [4.69, 9.17) is 23.2 Å². The van der Waals surface area contributed by atoms with Crippen molar-refractivity contribution < 1.29 is 9.18 Å². The molecular weight excluding hydrogens is 214 g/mol. The fraction of sp³-hybridized carbons (Fsp3) is 0.222. The minimum absolute atomic E-state index is 0.0602. The molecule has 0 aliphatic heterocycles. The van der Waals surface area contributed by atoms with Crippen molar-refractivity contribution >= 4 is 29.0 Å². The van der Waals surface area contributed by atoms with Gasteiger partial charge in [-0.3, -0.25) is 4.79 Å². The first-order valence-electron chi connectivity index (χ1n) is 3.65. The topological polar surface area (TPSA) is 17.1 Å². The van der Waals surface area contributed by atoms with Crippen LogP contribution in [0.3, 0.4) is 0 Å². The monoisotopic (exact) mass is 220 g/mol. The standard InChI is InChI=1S/C9H7Cl2FO/c1-5(10)9(13)7-4-6(11)2-3-8(7)12/h2-5H,1H3. The normalized spacial score (nSPS) is 12.6. The summed E-state index contributed by atoms with van der Waals surface area (Å²) in [7, 11) is 0. The molecule has 0 aliphatic rings. The Bertz CT molecular complexity index is 336. The van der Waals surface area contributed by atoms with Gasteiger partial charge < -0.3 is 0 Å². The number of rotatable bonds is 2. The average Bonchev–Trinajstić information content (AvgIpc) is 2.08. The van der Waals surface area contributed by atoms with Crippen LogP contribution < -0.4 is 0 Å². The Labute approximate surface area is 85.5 Å². The van der Waals surface area contributed by atoms with Crippen LogP contribution in [0.2, 0.25) is 5.02 Å². The predicted octanol–water partition coefficient (Wildman–Crippen LogP) is 3.29. The molecule has 0 N–H and O–H groups in total. The van der Waals surface area contributed by atoms with Gasteiger partial charge in [0.1, 0.15) is 5.82 Å². The molecule has 0 amide bonds. The largest absolute Gasteiger partial charge is 0.292 e. The lowest BCUT2D eigenvalue weighted by Gasteiger charge is -2.03. The summed E-state index contributed by atoms with van der Waals surface area (Å²) in [6.07, 6.45) is 0. The van der Waals surface area contributed by atoms with Gasteiger partial charge in [0.15, 0.2) is 5.78 Å². The van der Waals surface area contributed by atoms with Crippen LogP contribution in [0.15, 0.2) is 18.2 Å². The molecule has 0 fully saturated rings. The molecule has 1 aromatic carbocycles. The molecule has 0 saturated carbocycles. The predicted molar refractivity (Wildman–Crippen MR) is 51.1 cm³/mol. The van der Waals surface area contributed by atoms with Crippen LogP contribution in [0.25, 0.3) is 0 Å². The summed E-state index contributed by atoms with van der Waals surface area (Å²) in [5.74, 6) is -1.05. The number of hydrogen-bond acceptors (Lipinski definition) is 1. The van der Waals surface area contributed by atoms with Crippen LogP contribution in [0.1, 0.15) is 17.3 Å². The van der Waals surface area contributed by atoms with Gasteiger partial charge in [0.2, 0.25) is 0 Å². The number of alkyl halides is 1. The van der Waals surface area contributed by atoms with Gasteiger partial charge in [0.05, 0.1) is 10.9 Å². The molecule has 0 heterocycles. The van der Waals surface area contributed by atoms with E-state index in [-0.39, 0.29) is 5.56 Å². The first kappa shape index (κ1) is 10.5. The molecule has 0 saturated heterocycles. The number of ketones is 1. The van der Waals surface area contributed by atoms with Crippen LogP contribution in [0, 0.1) is 5.82 Å². The van der Waals surface area contributed by atoms with Gasteiger partial charge in [0, 0.05) is 5.02 Å². The molecule has 1 atom stereocenters. The van der Waals surface area contributed by atoms with Crippen molar-refractivity contribution in [3.63, 3.8) is 0 Å². The van der Waals surface area contributed by atoms with E-state index in [1.807, 2.05) is 0 Å². The molecule has 70 valence electrons. The van der Waals surface area contributed by atoms with Crippen molar-refractivity contribution in [1.82, 2.24) is 0 Å². The molecule has 1 rings (SSSR count). The van der Waals surface area contributed by atoms with Crippen molar-refractivity contribution in [1.29, 1.82) is 0 Å². The van der Waals surface area contributed by atoms with Crippen LogP contribution in [0.5, 0.6) is 0 Å². The number of Topliss-reactive ketones (excluding diaryl/α,β-unsaturated/α-hetero) is 1. The van der Waals surface area contributed by atoms with E-state index in [0.29, 0.717) is 5.02 Å². The minimum Gasteiger partial charge on any atom is -0.292 e. The Morgan fingerprint density at radius 1 is 1.54 bits per heavy atom. The summed E-state index contributed by atoms with van der Waals surface area (Å²) in [4.78, 5) is 11.3. The van der Waals surface area contributed by atoms with Crippen molar-refractivity contribution in [3.05, 3.63) is 34.6 Å². The van der Waals surface area contributed by atoms with Crippen molar-refractivity contribution in [2.45, 2.75) is 12.3 Å². The maximum absolute atomic E-state index is 13.0. The Balaban J connectivity index is 3.13. The van der Waals surface area contributed by atoms with E-state index in [0.717, 1.165) is 6.07 Å². The third-order valence-electron chi connectivity index (χ3n) is 1.56. The van der Waals surface area contributed by atoms with Gasteiger partial charge >= 0.3 is 0 Å². The lowest BCUT2D eigenvalue weighted by molar-refractivity contribution is 0.0988. The fourth-order valence-electron chi connectivity index (χ4n) is 0.901. The Kier molecular flexibility index (Phi) is 3.28. The summed E-state index contributed by atoms with van der Waals surface area (Å²) in [6, 6.07) is 3.81. The van der Waals surface area contributed by atoms with Gasteiger partial charge in [-0.1, -0.05) is 11.6 Å². The maximum Gasteiger partial charge on any atom is 0.183 e. The minimum atomic E-state index is -0.743. The third-order valence-corrected chi connectivity index (χ3v) is 1.99. The third kappa shape index (κ3) is 2.42. The fourth-order valence-corrected chi connectivity index (χ4v) is 1.19. The van der Waals surface area contributed by atoms with E-state index in [1.54, 1.807) is 0 Å². The van der Waals surface area contributed by atoms with E-state index < -0.39 is 17.0 Å². The number of halogens is 3. The van der Waals surface area contributed by atoms with Gasteiger partial charge in [-0.2, -0.15) is 0 Å². The zero-order valence-corrected chi connectivity index (χ0v) is 8.36. The first-order chi connectivity index (χ1) is 6.02. The number of carbonyl (C=O) groups is 1. The molecule has 1 unspecified atom stereocenters. The van der Waals surface area contributed by atoms with Crippen LogP contribution in [0.4, 0.5) is 4.39 Å². The number of benzene rings is 1. The second-order valence-electron chi connectivity index (χ2n) is 2.60.